The number of likely N-dealkylation sites (N-methyl/N-ethyl adjacent to an activating group) is 1. The Balaban J connectivity index is 1.38. The highest BCUT2D eigenvalue weighted by atomic mass is 19.1. The van der Waals surface area contributed by atoms with Crippen molar-refractivity contribution in [3.63, 3.8) is 0 Å². The lowest BCUT2D eigenvalue weighted by Gasteiger charge is -2.34. The van der Waals surface area contributed by atoms with Gasteiger partial charge in [-0.1, -0.05) is 23.9 Å². The summed E-state index contributed by atoms with van der Waals surface area (Å²) in [7, 11) is 2.07. The molecule has 0 unspecified atom stereocenters. The Hall–Kier alpha value is -4.31. The number of nitrogens with one attached hydrogen (secondary N) is 2. The van der Waals surface area contributed by atoms with Crippen molar-refractivity contribution in [2.45, 2.75) is 0 Å². The van der Waals surface area contributed by atoms with E-state index in [-0.39, 0.29) is 17.7 Å². The van der Waals surface area contributed by atoms with Crippen LogP contribution in [-0.4, -0.2) is 59.2 Å². The van der Waals surface area contributed by atoms with Crippen molar-refractivity contribution in [3.8, 4) is 11.3 Å². The first-order valence-electron chi connectivity index (χ1n) is 11.2. The van der Waals surface area contributed by atoms with Gasteiger partial charge in [0.1, 0.15) is 11.3 Å². The second-order valence-electron chi connectivity index (χ2n) is 8.29. The van der Waals surface area contributed by atoms with E-state index in [4.69, 9.17) is 4.52 Å². The van der Waals surface area contributed by atoms with Crippen LogP contribution < -0.4 is 15.5 Å². The van der Waals surface area contributed by atoms with Crippen LogP contribution in [0.15, 0.2) is 65.8 Å². The van der Waals surface area contributed by atoms with Gasteiger partial charge in [-0.05, 0) is 43.5 Å². The number of rotatable bonds is 6. The lowest BCUT2D eigenvalue weighted by Crippen LogP contribution is -2.44. The molecule has 2 aromatic carbocycles. The number of nitrogens with zero attached hydrogens (tertiary/aromatic N) is 5. The fraction of sp³-hybridized carbons (Fsp3) is 0.200. The quantitative estimate of drug-likeness (QED) is 0.405. The molecular formula is C25H24FN7O2. The molecule has 10 heteroatoms. The van der Waals surface area contributed by atoms with E-state index in [1.165, 1.54) is 18.3 Å². The number of amides is 1. The van der Waals surface area contributed by atoms with Gasteiger partial charge in [0, 0.05) is 43.1 Å². The molecule has 35 heavy (non-hydrogen) atoms. The Bertz CT molecular complexity index is 1400. The van der Waals surface area contributed by atoms with Crippen LogP contribution in [0.1, 0.15) is 0 Å². The van der Waals surface area contributed by atoms with E-state index in [1.807, 2.05) is 12.1 Å². The summed E-state index contributed by atoms with van der Waals surface area (Å²) in [6.45, 7) is 6.83. The fourth-order valence-corrected chi connectivity index (χ4v) is 3.95. The molecule has 0 atom stereocenters. The summed E-state index contributed by atoms with van der Waals surface area (Å²) in [5.41, 5.74) is 3.35. The van der Waals surface area contributed by atoms with Crippen LogP contribution in [0.2, 0.25) is 0 Å². The first kappa shape index (κ1) is 22.5. The molecule has 1 saturated heterocycles. The lowest BCUT2D eigenvalue weighted by atomic mass is 10.1. The van der Waals surface area contributed by atoms with Crippen molar-refractivity contribution in [2.75, 3.05) is 48.8 Å². The topological polar surface area (TPSA) is 99.4 Å². The van der Waals surface area contributed by atoms with Crippen LogP contribution in [0.4, 0.5) is 27.4 Å². The van der Waals surface area contributed by atoms with E-state index in [9.17, 15) is 9.18 Å². The molecule has 0 spiro atoms. The Morgan fingerprint density at radius 1 is 1.14 bits per heavy atom. The Morgan fingerprint density at radius 2 is 1.97 bits per heavy atom. The number of carbonyl (C=O) groups excluding carboxylic acids is 1. The first-order valence-corrected chi connectivity index (χ1v) is 11.2. The smallest absolute Gasteiger partial charge is 0.247 e. The number of halogens is 1. The third kappa shape index (κ3) is 4.82. The highest BCUT2D eigenvalue weighted by Gasteiger charge is 2.18. The average Bonchev–Trinajstić information content (AvgIpc) is 3.28. The first-order chi connectivity index (χ1) is 17.0. The van der Waals surface area contributed by atoms with Gasteiger partial charge in [0.15, 0.2) is 11.3 Å². The van der Waals surface area contributed by atoms with E-state index >= 15 is 0 Å². The van der Waals surface area contributed by atoms with Crippen LogP contribution in [0.5, 0.6) is 0 Å². The zero-order valence-electron chi connectivity index (χ0n) is 19.2. The highest BCUT2D eigenvalue weighted by Crippen LogP contribution is 2.30. The van der Waals surface area contributed by atoms with Crippen molar-refractivity contribution < 1.29 is 13.7 Å². The van der Waals surface area contributed by atoms with Gasteiger partial charge in [0.05, 0.1) is 11.9 Å². The molecule has 0 saturated carbocycles. The number of hydrogen-bond acceptors (Lipinski definition) is 8. The molecule has 1 aliphatic heterocycles. The maximum Gasteiger partial charge on any atom is 0.247 e. The predicted octanol–water partition coefficient (Wildman–Crippen LogP) is 4.04. The Kier molecular flexibility index (Phi) is 6.11. The van der Waals surface area contributed by atoms with E-state index in [2.05, 4.69) is 49.2 Å². The van der Waals surface area contributed by atoms with Gasteiger partial charge >= 0.3 is 0 Å². The number of benzene rings is 2. The van der Waals surface area contributed by atoms with Crippen molar-refractivity contribution in [1.29, 1.82) is 0 Å². The molecule has 1 amide bonds. The van der Waals surface area contributed by atoms with E-state index in [0.717, 1.165) is 26.2 Å². The predicted molar refractivity (Wildman–Crippen MR) is 133 cm³/mol. The number of aromatic nitrogens is 3. The molecule has 9 nitrogen and oxygen atoms in total. The number of fused-ring (bicyclic) bond motifs is 1. The second kappa shape index (κ2) is 9.51. The van der Waals surface area contributed by atoms with E-state index in [1.54, 1.807) is 24.3 Å². The van der Waals surface area contributed by atoms with Gasteiger partial charge in [-0.3, -0.25) is 4.79 Å². The number of anilines is 4. The van der Waals surface area contributed by atoms with Crippen molar-refractivity contribution >= 4 is 40.0 Å². The summed E-state index contributed by atoms with van der Waals surface area (Å²) in [4.78, 5) is 24.7. The van der Waals surface area contributed by atoms with Crippen molar-refractivity contribution in [1.82, 2.24) is 20.0 Å². The summed E-state index contributed by atoms with van der Waals surface area (Å²) in [5.74, 6) is 0.0931. The van der Waals surface area contributed by atoms with Gasteiger partial charge < -0.3 is 25.0 Å². The van der Waals surface area contributed by atoms with Gasteiger partial charge in [-0.2, -0.15) is 0 Å². The second-order valence-corrected chi connectivity index (χ2v) is 8.29. The van der Waals surface area contributed by atoms with Gasteiger partial charge in [-0.15, -0.1) is 0 Å². The summed E-state index contributed by atoms with van der Waals surface area (Å²) in [6, 6.07) is 12.1. The molecule has 0 radical (unpaired) electrons. The minimum atomic E-state index is -0.315. The van der Waals surface area contributed by atoms with Gasteiger partial charge in [-0.25, -0.2) is 14.4 Å². The largest absolute Gasteiger partial charge is 0.367 e. The minimum absolute atomic E-state index is 0.282. The summed E-state index contributed by atoms with van der Waals surface area (Å²) in [5, 5.41) is 9.81. The molecule has 2 aromatic heterocycles. The standard InChI is InChI=1S/C25H24FN7O2/c1-3-22(34)28-17-6-4-5-16(13-17)24-23-20(31-35-24)15-27-25(30-23)29-18-7-8-21(19(26)14-18)33-11-9-32(2)10-12-33/h3-8,13-15H,1,9-12H2,2H3,(H,28,34)(H,29,30). The van der Waals surface area contributed by atoms with Crippen LogP contribution in [0, 0.1) is 5.82 Å². The SMILES string of the molecule is C=CC(=O)Nc1cccc(-c2onc3cnc(Nc4ccc(N5CCN(C)CC5)c(F)c4)nc23)c1. The number of hydrogen-bond donors (Lipinski definition) is 2. The molecule has 1 aliphatic rings. The molecular weight excluding hydrogens is 449 g/mol. The molecule has 0 aliphatic carbocycles. The third-order valence-corrected chi connectivity index (χ3v) is 5.85. The highest BCUT2D eigenvalue weighted by molar-refractivity contribution is 5.99. The Labute approximate surface area is 201 Å². The molecule has 0 bridgehead atoms. The zero-order chi connectivity index (χ0) is 24.4. The van der Waals surface area contributed by atoms with Gasteiger partial charge in [0.25, 0.3) is 0 Å². The van der Waals surface area contributed by atoms with Crippen LogP contribution in [0.3, 0.4) is 0 Å². The summed E-state index contributed by atoms with van der Waals surface area (Å²) >= 11 is 0. The molecule has 3 heterocycles. The van der Waals surface area contributed by atoms with Crippen molar-refractivity contribution in [2.24, 2.45) is 0 Å². The number of piperazine rings is 1. The molecule has 178 valence electrons. The molecule has 2 N–H and O–H groups in total. The molecule has 5 rings (SSSR count). The summed E-state index contributed by atoms with van der Waals surface area (Å²) in [6.07, 6.45) is 2.73. The maximum atomic E-state index is 14.9. The van der Waals surface area contributed by atoms with Crippen LogP contribution in [0.25, 0.3) is 22.4 Å². The zero-order valence-corrected chi connectivity index (χ0v) is 19.2. The third-order valence-electron chi connectivity index (χ3n) is 5.85. The van der Waals surface area contributed by atoms with Crippen molar-refractivity contribution in [3.05, 3.63) is 67.1 Å². The fourth-order valence-electron chi connectivity index (χ4n) is 3.95. The average molecular weight is 474 g/mol. The van der Waals surface area contributed by atoms with Gasteiger partial charge in [0.2, 0.25) is 11.9 Å². The van der Waals surface area contributed by atoms with E-state index in [0.29, 0.717) is 39.4 Å². The molecule has 1 fully saturated rings. The van der Waals surface area contributed by atoms with Crippen LogP contribution in [-0.2, 0) is 4.79 Å². The number of carbonyl (C=O) groups is 1. The van der Waals surface area contributed by atoms with E-state index < -0.39 is 0 Å². The Morgan fingerprint density at radius 3 is 2.74 bits per heavy atom. The normalized spacial score (nSPS) is 14.2. The lowest BCUT2D eigenvalue weighted by molar-refractivity contribution is -0.111. The monoisotopic (exact) mass is 473 g/mol. The minimum Gasteiger partial charge on any atom is -0.367 e. The molecule has 4 aromatic rings. The summed E-state index contributed by atoms with van der Waals surface area (Å²) < 4.78 is 20.4. The maximum absolute atomic E-state index is 14.9. The van der Waals surface area contributed by atoms with Crippen LogP contribution >= 0.6 is 0 Å².